The molecule has 1 amide bonds. The molecule has 0 aromatic heterocycles. The van der Waals surface area contributed by atoms with E-state index in [0.29, 0.717) is 24.7 Å². The quantitative estimate of drug-likeness (QED) is 0.816. The van der Waals surface area contributed by atoms with Gasteiger partial charge in [-0.25, -0.2) is 0 Å². The van der Waals surface area contributed by atoms with E-state index in [1.54, 1.807) is 0 Å². The van der Waals surface area contributed by atoms with Crippen molar-refractivity contribution in [3.05, 3.63) is 0 Å². The molecule has 0 aromatic rings. The van der Waals surface area contributed by atoms with Crippen molar-refractivity contribution in [1.29, 1.82) is 0 Å². The zero-order valence-corrected chi connectivity index (χ0v) is 11.2. The molecule has 0 spiro atoms. The van der Waals surface area contributed by atoms with Crippen LogP contribution in [0.15, 0.2) is 0 Å². The first kappa shape index (κ1) is 12.9. The lowest BCUT2D eigenvalue weighted by Crippen LogP contribution is -2.46. The van der Waals surface area contributed by atoms with Crippen molar-refractivity contribution in [2.45, 2.75) is 71.0 Å². The molecule has 1 aliphatic heterocycles. The summed E-state index contributed by atoms with van der Waals surface area (Å²) in [5.74, 6) is 1.23. The van der Waals surface area contributed by atoms with Gasteiger partial charge in [-0.3, -0.25) is 10.1 Å². The lowest BCUT2D eigenvalue weighted by molar-refractivity contribution is -0.131. The van der Waals surface area contributed by atoms with Gasteiger partial charge in [0.2, 0.25) is 5.91 Å². The van der Waals surface area contributed by atoms with Gasteiger partial charge in [-0.1, -0.05) is 26.7 Å². The molecule has 17 heavy (non-hydrogen) atoms. The van der Waals surface area contributed by atoms with Crippen molar-refractivity contribution in [2.24, 2.45) is 5.92 Å². The smallest absolute Gasteiger partial charge is 0.238 e. The highest BCUT2D eigenvalue weighted by Gasteiger charge is 2.36. The van der Waals surface area contributed by atoms with E-state index in [1.807, 2.05) is 0 Å². The minimum absolute atomic E-state index is 0.315. The molecule has 3 heteroatoms. The van der Waals surface area contributed by atoms with Gasteiger partial charge in [-0.2, -0.15) is 0 Å². The first-order valence-corrected chi connectivity index (χ1v) is 7.30. The fraction of sp³-hybridized carbons (Fsp3) is 0.929. The average molecular weight is 238 g/mol. The van der Waals surface area contributed by atoms with Crippen molar-refractivity contribution < 1.29 is 4.79 Å². The topological polar surface area (TPSA) is 32.3 Å². The monoisotopic (exact) mass is 238 g/mol. The lowest BCUT2D eigenvalue weighted by atomic mass is 9.84. The molecule has 0 radical (unpaired) electrons. The van der Waals surface area contributed by atoms with E-state index in [-0.39, 0.29) is 0 Å². The summed E-state index contributed by atoms with van der Waals surface area (Å²) in [5, 5.41) is 3.36. The van der Waals surface area contributed by atoms with E-state index in [2.05, 4.69) is 24.1 Å². The maximum atomic E-state index is 12.0. The van der Waals surface area contributed by atoms with Crippen LogP contribution in [0.4, 0.5) is 0 Å². The number of nitrogens with zero attached hydrogens (tertiary/aromatic N) is 1. The van der Waals surface area contributed by atoms with Crippen LogP contribution < -0.4 is 5.32 Å². The van der Waals surface area contributed by atoms with Crippen molar-refractivity contribution >= 4 is 5.91 Å². The second kappa shape index (κ2) is 5.85. The largest absolute Gasteiger partial charge is 0.323 e. The summed E-state index contributed by atoms with van der Waals surface area (Å²) in [6.07, 6.45) is 8.91. The van der Waals surface area contributed by atoms with Gasteiger partial charge in [-0.15, -0.1) is 0 Å². The number of rotatable bonds is 4. The van der Waals surface area contributed by atoms with Crippen LogP contribution in [-0.4, -0.2) is 29.6 Å². The van der Waals surface area contributed by atoms with Crippen LogP contribution in [0.5, 0.6) is 0 Å². The average Bonchev–Trinajstić information content (AvgIpc) is 2.71. The number of carbonyl (C=O) groups excluding carboxylic acids is 1. The van der Waals surface area contributed by atoms with Crippen LogP contribution >= 0.6 is 0 Å². The van der Waals surface area contributed by atoms with Crippen LogP contribution in [0.25, 0.3) is 0 Å². The second-order valence-electron chi connectivity index (χ2n) is 5.57. The van der Waals surface area contributed by atoms with Crippen molar-refractivity contribution in [3.63, 3.8) is 0 Å². The molecule has 2 aliphatic rings. The summed E-state index contributed by atoms with van der Waals surface area (Å²) in [5.41, 5.74) is 0. The van der Waals surface area contributed by atoms with Crippen LogP contribution in [0.3, 0.4) is 0 Å². The molecule has 0 bridgehead atoms. The molecule has 1 unspecified atom stereocenters. The van der Waals surface area contributed by atoms with Crippen molar-refractivity contribution in [2.75, 3.05) is 6.54 Å². The third kappa shape index (κ3) is 2.82. The van der Waals surface area contributed by atoms with Crippen LogP contribution in [0, 0.1) is 5.92 Å². The van der Waals surface area contributed by atoms with Crippen molar-refractivity contribution in [3.8, 4) is 0 Å². The molecule has 1 saturated heterocycles. The van der Waals surface area contributed by atoms with Gasteiger partial charge in [0.15, 0.2) is 0 Å². The predicted molar refractivity (Wildman–Crippen MR) is 69.6 cm³/mol. The minimum atomic E-state index is 0.315. The molecular weight excluding hydrogens is 212 g/mol. The Morgan fingerprint density at radius 3 is 2.53 bits per heavy atom. The number of hydrogen-bond donors (Lipinski definition) is 1. The molecule has 2 fully saturated rings. The summed E-state index contributed by atoms with van der Waals surface area (Å²) in [6, 6.07) is 0.511. The third-order valence-electron chi connectivity index (χ3n) is 4.46. The van der Waals surface area contributed by atoms with E-state index in [4.69, 9.17) is 0 Å². The lowest BCUT2D eigenvalue weighted by Gasteiger charge is -2.37. The minimum Gasteiger partial charge on any atom is -0.323 e. The van der Waals surface area contributed by atoms with E-state index in [9.17, 15) is 4.79 Å². The SMILES string of the molecule is CCCC1NCC(=O)N1C1CCC(CC)CC1. The molecule has 3 nitrogen and oxygen atoms in total. The Kier molecular flexibility index (Phi) is 4.43. The second-order valence-corrected chi connectivity index (χ2v) is 5.57. The Balaban J connectivity index is 1.93. The highest BCUT2D eigenvalue weighted by Crippen LogP contribution is 2.31. The standard InChI is InChI=1S/C14H26N2O/c1-3-5-13-15-10-14(17)16(13)12-8-6-11(4-2)7-9-12/h11-13,15H,3-10H2,1-2H3. The summed E-state index contributed by atoms with van der Waals surface area (Å²) >= 11 is 0. The van der Waals surface area contributed by atoms with E-state index < -0.39 is 0 Å². The molecule has 1 heterocycles. The molecular formula is C14H26N2O. The molecule has 1 N–H and O–H groups in total. The summed E-state index contributed by atoms with van der Waals surface area (Å²) in [6.45, 7) is 5.03. The van der Waals surface area contributed by atoms with Gasteiger partial charge in [-0.05, 0) is 38.0 Å². The van der Waals surface area contributed by atoms with Gasteiger partial charge >= 0.3 is 0 Å². The molecule has 0 aromatic carbocycles. The van der Waals surface area contributed by atoms with E-state index >= 15 is 0 Å². The summed E-state index contributed by atoms with van der Waals surface area (Å²) in [7, 11) is 0. The molecule has 2 rings (SSSR count). The first-order valence-electron chi connectivity index (χ1n) is 7.30. The van der Waals surface area contributed by atoms with Gasteiger partial charge in [0, 0.05) is 6.04 Å². The predicted octanol–water partition coefficient (Wildman–Crippen LogP) is 2.51. The van der Waals surface area contributed by atoms with Crippen molar-refractivity contribution in [1.82, 2.24) is 10.2 Å². The molecule has 1 aliphatic carbocycles. The Morgan fingerprint density at radius 2 is 1.94 bits per heavy atom. The van der Waals surface area contributed by atoms with Crippen LogP contribution in [0.2, 0.25) is 0 Å². The Morgan fingerprint density at radius 1 is 1.24 bits per heavy atom. The number of carbonyl (C=O) groups is 1. The highest BCUT2D eigenvalue weighted by molar-refractivity contribution is 5.81. The fourth-order valence-electron chi connectivity index (χ4n) is 3.37. The van der Waals surface area contributed by atoms with Gasteiger partial charge in [0.1, 0.15) is 0 Å². The molecule has 1 saturated carbocycles. The summed E-state index contributed by atoms with van der Waals surface area (Å²) in [4.78, 5) is 14.1. The van der Waals surface area contributed by atoms with Gasteiger partial charge in [0.05, 0.1) is 12.7 Å². The zero-order valence-electron chi connectivity index (χ0n) is 11.2. The Bertz CT molecular complexity index is 259. The Labute approximate surface area is 105 Å². The van der Waals surface area contributed by atoms with Gasteiger partial charge < -0.3 is 4.90 Å². The number of nitrogens with one attached hydrogen (secondary N) is 1. The normalized spacial score (nSPS) is 34.4. The van der Waals surface area contributed by atoms with Gasteiger partial charge in [0.25, 0.3) is 0 Å². The third-order valence-corrected chi connectivity index (χ3v) is 4.46. The maximum absolute atomic E-state index is 12.0. The molecule has 98 valence electrons. The van der Waals surface area contributed by atoms with Crippen LogP contribution in [0.1, 0.15) is 58.8 Å². The summed E-state index contributed by atoms with van der Waals surface area (Å²) < 4.78 is 0. The Hall–Kier alpha value is -0.570. The van der Waals surface area contributed by atoms with Crippen LogP contribution in [-0.2, 0) is 4.79 Å². The first-order chi connectivity index (χ1) is 8.26. The molecule has 1 atom stereocenters. The van der Waals surface area contributed by atoms with E-state index in [1.165, 1.54) is 32.1 Å². The number of amides is 1. The maximum Gasteiger partial charge on any atom is 0.238 e. The fourth-order valence-corrected chi connectivity index (χ4v) is 3.37. The van der Waals surface area contributed by atoms with E-state index in [0.717, 1.165) is 18.8 Å². The number of hydrogen-bond acceptors (Lipinski definition) is 2. The zero-order chi connectivity index (χ0) is 12.3. The highest BCUT2D eigenvalue weighted by atomic mass is 16.2.